The predicted molar refractivity (Wildman–Crippen MR) is 81.1 cm³/mol. The fourth-order valence-corrected chi connectivity index (χ4v) is 2.91. The summed E-state index contributed by atoms with van der Waals surface area (Å²) in [5.74, 6) is 0.666. The molecule has 2 atom stereocenters. The van der Waals surface area contributed by atoms with Crippen LogP contribution >= 0.6 is 0 Å². The molecule has 1 amide bonds. The Morgan fingerprint density at radius 3 is 2.95 bits per heavy atom. The van der Waals surface area contributed by atoms with E-state index in [0.29, 0.717) is 25.6 Å². The summed E-state index contributed by atoms with van der Waals surface area (Å²) < 4.78 is 5.52. The number of carbonyl (C=O) groups excluding carboxylic acids is 1. The fraction of sp³-hybridized carbons (Fsp3) is 0.438. The number of aromatic amines is 1. The molecule has 1 aromatic carbocycles. The average molecular weight is 300 g/mol. The Morgan fingerprint density at radius 1 is 1.45 bits per heavy atom. The maximum absolute atomic E-state index is 13.0. The second kappa shape index (κ2) is 6.70. The number of aromatic nitrogens is 3. The van der Waals surface area contributed by atoms with E-state index in [0.717, 1.165) is 12.0 Å². The van der Waals surface area contributed by atoms with Gasteiger partial charge >= 0.3 is 0 Å². The van der Waals surface area contributed by atoms with Crippen molar-refractivity contribution < 1.29 is 9.53 Å². The van der Waals surface area contributed by atoms with Gasteiger partial charge in [-0.1, -0.05) is 37.3 Å². The third-order valence-electron chi connectivity index (χ3n) is 4.07. The number of ether oxygens (including phenoxy) is 1. The van der Waals surface area contributed by atoms with Gasteiger partial charge < -0.3 is 9.64 Å². The lowest BCUT2D eigenvalue weighted by atomic mass is 9.94. The van der Waals surface area contributed by atoms with Gasteiger partial charge in [-0.15, -0.1) is 0 Å². The number of rotatable bonds is 4. The quantitative estimate of drug-likeness (QED) is 0.936. The summed E-state index contributed by atoms with van der Waals surface area (Å²) in [4.78, 5) is 19.1. The number of benzene rings is 1. The van der Waals surface area contributed by atoms with Crippen molar-refractivity contribution in [1.82, 2.24) is 20.1 Å². The van der Waals surface area contributed by atoms with Gasteiger partial charge in [0.25, 0.3) is 0 Å². The molecular weight excluding hydrogens is 280 g/mol. The number of nitrogens with one attached hydrogen (secondary N) is 1. The van der Waals surface area contributed by atoms with E-state index in [1.807, 2.05) is 42.2 Å². The second-order valence-electron chi connectivity index (χ2n) is 5.36. The van der Waals surface area contributed by atoms with Crippen LogP contribution in [-0.4, -0.2) is 45.7 Å². The van der Waals surface area contributed by atoms with E-state index in [-0.39, 0.29) is 17.9 Å². The summed E-state index contributed by atoms with van der Waals surface area (Å²) in [6.07, 6.45) is 2.23. The second-order valence-corrected chi connectivity index (χ2v) is 5.36. The molecule has 0 spiro atoms. The summed E-state index contributed by atoms with van der Waals surface area (Å²) in [6.45, 7) is 3.63. The SMILES string of the molecule is CC[C@@H](C(=O)N1CCOC[C@H]1c1ncn[nH]1)c1ccccc1. The molecular formula is C16H20N4O2. The largest absolute Gasteiger partial charge is 0.377 e. The van der Waals surface area contributed by atoms with Crippen molar-refractivity contribution >= 4 is 5.91 Å². The minimum atomic E-state index is -0.193. The molecule has 1 aromatic heterocycles. The number of amides is 1. The van der Waals surface area contributed by atoms with Gasteiger partial charge in [-0.2, -0.15) is 5.10 Å². The van der Waals surface area contributed by atoms with Crippen molar-refractivity contribution in [3.8, 4) is 0 Å². The van der Waals surface area contributed by atoms with Crippen LogP contribution in [0.1, 0.15) is 36.7 Å². The van der Waals surface area contributed by atoms with Gasteiger partial charge in [0, 0.05) is 6.54 Å². The van der Waals surface area contributed by atoms with Gasteiger partial charge in [0.05, 0.1) is 19.1 Å². The van der Waals surface area contributed by atoms with Gasteiger partial charge in [0.15, 0.2) is 0 Å². The molecule has 3 rings (SSSR count). The summed E-state index contributed by atoms with van der Waals surface area (Å²) in [6, 6.07) is 9.73. The number of carbonyl (C=O) groups is 1. The Morgan fingerprint density at radius 2 is 2.27 bits per heavy atom. The Kier molecular flexibility index (Phi) is 4.48. The highest BCUT2D eigenvalue weighted by Gasteiger charge is 2.34. The van der Waals surface area contributed by atoms with Crippen molar-refractivity contribution in [2.45, 2.75) is 25.3 Å². The summed E-state index contributed by atoms with van der Waals surface area (Å²) in [5, 5.41) is 6.74. The van der Waals surface area contributed by atoms with E-state index < -0.39 is 0 Å². The van der Waals surface area contributed by atoms with Crippen molar-refractivity contribution in [3.63, 3.8) is 0 Å². The Hall–Kier alpha value is -2.21. The van der Waals surface area contributed by atoms with Crippen molar-refractivity contribution in [2.75, 3.05) is 19.8 Å². The van der Waals surface area contributed by atoms with Crippen LogP contribution in [0.25, 0.3) is 0 Å². The van der Waals surface area contributed by atoms with E-state index in [1.165, 1.54) is 6.33 Å². The zero-order valence-corrected chi connectivity index (χ0v) is 12.6. The number of hydrogen-bond acceptors (Lipinski definition) is 4. The van der Waals surface area contributed by atoms with Crippen LogP contribution in [-0.2, 0) is 9.53 Å². The van der Waals surface area contributed by atoms with Gasteiger partial charge in [-0.3, -0.25) is 9.89 Å². The zero-order chi connectivity index (χ0) is 15.4. The Bertz CT molecular complexity index is 600. The Labute approximate surface area is 129 Å². The molecule has 22 heavy (non-hydrogen) atoms. The first kappa shape index (κ1) is 14.7. The van der Waals surface area contributed by atoms with Gasteiger partial charge in [-0.25, -0.2) is 4.98 Å². The van der Waals surface area contributed by atoms with Crippen LogP contribution in [0.5, 0.6) is 0 Å². The standard InChI is InChI=1S/C16H20N4O2/c1-2-13(12-6-4-3-5-7-12)16(21)20-8-9-22-10-14(20)15-17-11-18-19-15/h3-7,11,13-14H,2,8-10H2,1H3,(H,17,18,19)/t13-,14+/m1/s1. The molecule has 1 aliphatic heterocycles. The highest BCUT2D eigenvalue weighted by atomic mass is 16.5. The molecule has 1 N–H and O–H groups in total. The molecule has 2 heterocycles. The van der Waals surface area contributed by atoms with E-state index in [1.54, 1.807) is 0 Å². The van der Waals surface area contributed by atoms with Crippen molar-refractivity contribution in [2.24, 2.45) is 0 Å². The highest BCUT2D eigenvalue weighted by Crippen LogP contribution is 2.28. The minimum Gasteiger partial charge on any atom is -0.377 e. The van der Waals surface area contributed by atoms with Crippen LogP contribution in [0.15, 0.2) is 36.7 Å². The van der Waals surface area contributed by atoms with Gasteiger partial charge in [0.2, 0.25) is 5.91 Å². The summed E-state index contributed by atoms with van der Waals surface area (Å²) in [5.41, 5.74) is 1.05. The molecule has 0 aliphatic carbocycles. The number of nitrogens with zero attached hydrogens (tertiary/aromatic N) is 3. The first-order chi connectivity index (χ1) is 10.8. The van der Waals surface area contributed by atoms with E-state index in [4.69, 9.17) is 4.74 Å². The first-order valence-corrected chi connectivity index (χ1v) is 7.59. The molecule has 0 unspecified atom stereocenters. The predicted octanol–water partition coefficient (Wildman–Crippen LogP) is 1.90. The van der Waals surface area contributed by atoms with Crippen molar-refractivity contribution in [1.29, 1.82) is 0 Å². The molecule has 0 bridgehead atoms. The third kappa shape index (κ3) is 2.87. The van der Waals surface area contributed by atoms with E-state index >= 15 is 0 Å². The monoisotopic (exact) mass is 300 g/mol. The number of hydrogen-bond donors (Lipinski definition) is 1. The maximum Gasteiger partial charge on any atom is 0.230 e. The van der Waals surface area contributed by atoms with Crippen LogP contribution in [0.2, 0.25) is 0 Å². The van der Waals surface area contributed by atoms with Crippen LogP contribution in [0.4, 0.5) is 0 Å². The maximum atomic E-state index is 13.0. The zero-order valence-electron chi connectivity index (χ0n) is 12.6. The minimum absolute atomic E-state index is 0.124. The molecule has 0 radical (unpaired) electrons. The Balaban J connectivity index is 1.85. The molecule has 1 fully saturated rings. The molecule has 1 aliphatic rings. The normalized spacial score (nSPS) is 19.9. The number of morpholine rings is 1. The lowest BCUT2D eigenvalue weighted by Gasteiger charge is -2.36. The number of H-pyrrole nitrogens is 1. The van der Waals surface area contributed by atoms with Crippen molar-refractivity contribution in [3.05, 3.63) is 48.0 Å². The van der Waals surface area contributed by atoms with Gasteiger partial charge in [0.1, 0.15) is 18.2 Å². The van der Waals surface area contributed by atoms with Crippen LogP contribution in [0, 0.1) is 0 Å². The molecule has 1 saturated heterocycles. The molecule has 0 saturated carbocycles. The smallest absolute Gasteiger partial charge is 0.230 e. The highest BCUT2D eigenvalue weighted by molar-refractivity contribution is 5.84. The van der Waals surface area contributed by atoms with Crippen LogP contribution in [0.3, 0.4) is 0 Å². The summed E-state index contributed by atoms with van der Waals surface area (Å²) >= 11 is 0. The lowest BCUT2D eigenvalue weighted by molar-refractivity contribution is -0.142. The molecule has 6 nitrogen and oxygen atoms in total. The van der Waals surface area contributed by atoms with E-state index in [2.05, 4.69) is 15.2 Å². The van der Waals surface area contributed by atoms with Gasteiger partial charge in [-0.05, 0) is 12.0 Å². The molecule has 2 aromatic rings. The lowest BCUT2D eigenvalue weighted by Crippen LogP contribution is -2.45. The van der Waals surface area contributed by atoms with Crippen LogP contribution < -0.4 is 0 Å². The fourth-order valence-electron chi connectivity index (χ4n) is 2.91. The molecule has 116 valence electrons. The summed E-state index contributed by atoms with van der Waals surface area (Å²) in [7, 11) is 0. The first-order valence-electron chi connectivity index (χ1n) is 7.59. The topological polar surface area (TPSA) is 71.1 Å². The van der Waals surface area contributed by atoms with E-state index in [9.17, 15) is 4.79 Å². The average Bonchev–Trinajstić information content (AvgIpc) is 3.11. The molecule has 6 heteroatoms. The third-order valence-corrected chi connectivity index (χ3v) is 4.07.